The lowest BCUT2D eigenvalue weighted by Gasteiger charge is -2.38. The fourth-order valence-corrected chi connectivity index (χ4v) is 5.19. The number of nitrogens with zero attached hydrogens (tertiary/aromatic N) is 5. The molecule has 0 spiro atoms. The van der Waals surface area contributed by atoms with E-state index >= 15 is 0 Å². The second-order valence-corrected chi connectivity index (χ2v) is 8.75. The Kier molecular flexibility index (Phi) is 5.75. The van der Waals surface area contributed by atoms with Crippen molar-refractivity contribution < 1.29 is 14.6 Å². The van der Waals surface area contributed by atoms with E-state index in [1.807, 2.05) is 25.1 Å². The van der Waals surface area contributed by atoms with Gasteiger partial charge in [0.1, 0.15) is 5.82 Å². The van der Waals surface area contributed by atoms with E-state index in [9.17, 15) is 9.90 Å². The highest BCUT2D eigenvalue weighted by molar-refractivity contribution is 9.10. The number of halogens is 1. The summed E-state index contributed by atoms with van der Waals surface area (Å²) in [5, 5.41) is 15.2. The zero-order valence-electron chi connectivity index (χ0n) is 16.2. The molecule has 0 saturated carbocycles. The minimum atomic E-state index is -0.275. The molecular formula is C19H22BrN5O3S. The van der Waals surface area contributed by atoms with Crippen LogP contribution in [0, 0.1) is 6.92 Å². The lowest BCUT2D eigenvalue weighted by atomic mass is 10.0. The summed E-state index contributed by atoms with van der Waals surface area (Å²) in [5.41, 5.74) is 1.06. The topological polar surface area (TPSA) is 83.2 Å². The maximum absolute atomic E-state index is 12.0. The molecule has 1 atom stereocenters. The Bertz CT molecular complexity index is 1030. The molecular weight excluding hydrogens is 458 g/mol. The molecule has 1 N–H and O–H groups in total. The predicted molar refractivity (Wildman–Crippen MR) is 113 cm³/mol. The number of fused-ring (bicyclic) bond motifs is 1. The monoisotopic (exact) mass is 479 g/mol. The smallest absolute Gasteiger partial charge is 0.409 e. The van der Waals surface area contributed by atoms with Gasteiger partial charge in [-0.05, 0) is 31.5 Å². The number of thiazole rings is 1. The molecule has 1 saturated heterocycles. The first kappa shape index (κ1) is 20.1. The molecule has 1 amide bonds. The van der Waals surface area contributed by atoms with Crippen LogP contribution in [0.2, 0.25) is 0 Å². The summed E-state index contributed by atoms with van der Waals surface area (Å²) in [7, 11) is 0. The van der Waals surface area contributed by atoms with E-state index in [0.717, 1.165) is 14.9 Å². The summed E-state index contributed by atoms with van der Waals surface area (Å²) >= 11 is 4.99. The number of aromatic hydroxyl groups is 1. The zero-order valence-corrected chi connectivity index (χ0v) is 18.6. The van der Waals surface area contributed by atoms with Gasteiger partial charge in [-0.2, -0.15) is 4.52 Å². The van der Waals surface area contributed by atoms with Gasteiger partial charge in [-0.25, -0.2) is 9.78 Å². The number of carbonyl (C=O) groups excluding carboxylic acids is 1. The molecule has 0 bridgehead atoms. The number of amides is 1. The largest absolute Gasteiger partial charge is 0.492 e. The Balaban J connectivity index is 1.67. The van der Waals surface area contributed by atoms with Crippen molar-refractivity contribution >= 4 is 38.3 Å². The van der Waals surface area contributed by atoms with Gasteiger partial charge in [-0.3, -0.25) is 4.90 Å². The lowest BCUT2D eigenvalue weighted by molar-refractivity contribution is 0.0715. The van der Waals surface area contributed by atoms with Crippen LogP contribution in [0.15, 0.2) is 28.7 Å². The van der Waals surface area contributed by atoms with E-state index in [-0.39, 0.29) is 18.0 Å². The Morgan fingerprint density at radius 3 is 2.76 bits per heavy atom. The molecule has 10 heteroatoms. The van der Waals surface area contributed by atoms with Crippen LogP contribution in [-0.2, 0) is 4.74 Å². The molecule has 8 nitrogen and oxygen atoms in total. The fraction of sp³-hybridized carbons (Fsp3) is 0.421. The maximum atomic E-state index is 12.0. The van der Waals surface area contributed by atoms with Gasteiger partial charge in [0, 0.05) is 30.7 Å². The van der Waals surface area contributed by atoms with Crippen molar-refractivity contribution in [3.63, 3.8) is 0 Å². The van der Waals surface area contributed by atoms with Gasteiger partial charge in [0.2, 0.25) is 10.8 Å². The van der Waals surface area contributed by atoms with E-state index in [1.54, 1.807) is 11.8 Å². The first-order chi connectivity index (χ1) is 14.0. The predicted octanol–water partition coefficient (Wildman–Crippen LogP) is 3.43. The normalized spacial score (nSPS) is 16.3. The molecule has 29 heavy (non-hydrogen) atoms. The van der Waals surface area contributed by atoms with E-state index < -0.39 is 0 Å². The molecule has 2 aromatic heterocycles. The average molecular weight is 480 g/mol. The van der Waals surface area contributed by atoms with Crippen molar-refractivity contribution in [3.8, 4) is 5.88 Å². The first-order valence-corrected chi connectivity index (χ1v) is 11.0. The highest BCUT2D eigenvalue weighted by Crippen LogP contribution is 2.40. The van der Waals surface area contributed by atoms with E-state index in [0.29, 0.717) is 43.6 Å². The van der Waals surface area contributed by atoms with Gasteiger partial charge in [-0.15, -0.1) is 5.10 Å². The number of piperazine rings is 1. The standard InChI is InChI=1S/C19H22BrN5O3S/c1-3-28-19(27)24-9-7-23(8-10-24)15(13-5-4-6-14(20)11-13)16-17(26)25-18(29-16)21-12(2)22-25/h4-6,11,15,26H,3,7-10H2,1-2H3. The van der Waals surface area contributed by atoms with Gasteiger partial charge in [0.25, 0.3) is 0 Å². The quantitative estimate of drug-likeness (QED) is 0.616. The van der Waals surface area contributed by atoms with Crippen molar-refractivity contribution in [2.75, 3.05) is 32.8 Å². The summed E-state index contributed by atoms with van der Waals surface area (Å²) in [6, 6.07) is 7.91. The number of ether oxygens (including phenoxy) is 1. The molecule has 154 valence electrons. The SMILES string of the molecule is CCOC(=O)N1CCN(C(c2cccc(Br)c2)c2sc3nc(C)nn3c2O)CC1. The lowest BCUT2D eigenvalue weighted by Crippen LogP contribution is -2.49. The van der Waals surface area contributed by atoms with Gasteiger partial charge in [0.05, 0.1) is 17.5 Å². The van der Waals surface area contributed by atoms with Crippen LogP contribution in [0.1, 0.15) is 29.2 Å². The van der Waals surface area contributed by atoms with Crippen LogP contribution < -0.4 is 0 Å². The number of rotatable bonds is 4. The van der Waals surface area contributed by atoms with Crippen molar-refractivity contribution in [1.29, 1.82) is 0 Å². The zero-order chi connectivity index (χ0) is 20.5. The van der Waals surface area contributed by atoms with Crippen LogP contribution in [0.3, 0.4) is 0 Å². The summed E-state index contributed by atoms with van der Waals surface area (Å²) in [6.07, 6.45) is -0.275. The summed E-state index contributed by atoms with van der Waals surface area (Å²) in [5.74, 6) is 0.739. The van der Waals surface area contributed by atoms with Gasteiger partial charge in [-0.1, -0.05) is 39.4 Å². The van der Waals surface area contributed by atoms with Crippen molar-refractivity contribution in [1.82, 2.24) is 24.4 Å². The summed E-state index contributed by atoms with van der Waals surface area (Å²) in [6.45, 7) is 6.47. The number of benzene rings is 1. The summed E-state index contributed by atoms with van der Waals surface area (Å²) in [4.78, 5) is 21.9. The molecule has 3 aromatic rings. The molecule has 1 fully saturated rings. The second kappa shape index (κ2) is 8.29. The van der Waals surface area contributed by atoms with Gasteiger partial charge in [0.15, 0.2) is 0 Å². The van der Waals surface area contributed by atoms with Crippen LogP contribution in [0.4, 0.5) is 4.79 Å². The highest BCUT2D eigenvalue weighted by atomic mass is 79.9. The Morgan fingerprint density at radius 2 is 2.10 bits per heavy atom. The van der Waals surface area contributed by atoms with Gasteiger partial charge < -0.3 is 14.7 Å². The molecule has 4 rings (SSSR count). The van der Waals surface area contributed by atoms with Crippen LogP contribution in [0.25, 0.3) is 4.96 Å². The van der Waals surface area contributed by atoms with E-state index in [1.165, 1.54) is 15.9 Å². The molecule has 1 aliphatic heterocycles. The average Bonchev–Trinajstić information content (AvgIpc) is 3.20. The number of aryl methyl sites for hydroxylation is 1. The van der Waals surface area contributed by atoms with Crippen molar-refractivity contribution in [3.05, 3.63) is 45.0 Å². The molecule has 0 radical (unpaired) electrons. The van der Waals surface area contributed by atoms with Gasteiger partial charge >= 0.3 is 6.09 Å². The van der Waals surface area contributed by atoms with E-state index in [4.69, 9.17) is 4.74 Å². The third-order valence-corrected chi connectivity index (χ3v) is 6.49. The Morgan fingerprint density at radius 1 is 1.34 bits per heavy atom. The summed E-state index contributed by atoms with van der Waals surface area (Å²) < 4.78 is 7.59. The van der Waals surface area contributed by atoms with Crippen molar-refractivity contribution in [2.45, 2.75) is 19.9 Å². The second-order valence-electron chi connectivity index (χ2n) is 6.82. The minimum absolute atomic E-state index is 0.114. The maximum Gasteiger partial charge on any atom is 0.409 e. The molecule has 1 aromatic carbocycles. The van der Waals surface area contributed by atoms with E-state index in [2.05, 4.69) is 37.0 Å². The third kappa shape index (κ3) is 3.96. The number of hydrogen-bond acceptors (Lipinski definition) is 7. The number of hydrogen-bond donors (Lipinski definition) is 1. The van der Waals surface area contributed by atoms with Crippen LogP contribution in [0.5, 0.6) is 5.88 Å². The molecule has 1 aliphatic rings. The molecule has 3 heterocycles. The fourth-order valence-electron chi connectivity index (χ4n) is 3.61. The third-order valence-electron chi connectivity index (χ3n) is 4.92. The van der Waals surface area contributed by atoms with Crippen LogP contribution in [-0.4, -0.2) is 68.4 Å². The minimum Gasteiger partial charge on any atom is -0.492 e. The van der Waals surface area contributed by atoms with Crippen molar-refractivity contribution in [2.24, 2.45) is 0 Å². The Labute approximate surface area is 180 Å². The molecule has 1 unspecified atom stereocenters. The highest BCUT2D eigenvalue weighted by Gasteiger charge is 2.33. The number of carbonyl (C=O) groups is 1. The Hall–Kier alpha value is -2.17. The molecule has 0 aliphatic carbocycles. The number of aromatic nitrogens is 3. The first-order valence-electron chi connectivity index (χ1n) is 9.44. The van der Waals surface area contributed by atoms with Crippen LogP contribution >= 0.6 is 27.3 Å².